The van der Waals surface area contributed by atoms with E-state index >= 15 is 0 Å². The summed E-state index contributed by atoms with van der Waals surface area (Å²) in [5, 5.41) is 3.73. The zero-order valence-corrected chi connectivity index (χ0v) is 13.3. The topological polar surface area (TPSA) is 24.5 Å². The molecule has 1 aromatic rings. The zero-order chi connectivity index (χ0) is 14.7. The summed E-state index contributed by atoms with van der Waals surface area (Å²) < 4.78 is 5.87. The Bertz CT molecular complexity index is 432. The zero-order valence-electron chi connectivity index (χ0n) is 13.3. The number of hydrogen-bond acceptors (Lipinski definition) is 3. The standard InChI is InChI=1S/C18H28N2O/c1-3-17-13-21-14(2)12-20(17)18(11-19-16-9-10-16)15-7-5-4-6-8-15/h4-8,14,16-19H,3,9-13H2,1-2H3. The third-order valence-corrected chi connectivity index (χ3v) is 4.74. The molecule has 1 aliphatic heterocycles. The van der Waals surface area contributed by atoms with Crippen LogP contribution >= 0.6 is 0 Å². The second-order valence-corrected chi connectivity index (χ2v) is 6.51. The van der Waals surface area contributed by atoms with E-state index in [0.717, 1.165) is 32.2 Å². The molecule has 3 unspecified atom stereocenters. The van der Waals surface area contributed by atoms with E-state index in [9.17, 15) is 0 Å². The van der Waals surface area contributed by atoms with Gasteiger partial charge in [-0.1, -0.05) is 37.3 Å². The molecule has 1 aliphatic carbocycles. The second kappa shape index (κ2) is 6.91. The lowest BCUT2D eigenvalue weighted by Crippen LogP contribution is -2.52. The summed E-state index contributed by atoms with van der Waals surface area (Å²) in [5.41, 5.74) is 1.43. The fourth-order valence-corrected chi connectivity index (χ4v) is 3.27. The summed E-state index contributed by atoms with van der Waals surface area (Å²) in [5.74, 6) is 0. The predicted octanol–water partition coefficient (Wildman–Crippen LogP) is 2.98. The molecule has 2 aliphatic rings. The van der Waals surface area contributed by atoms with E-state index < -0.39 is 0 Å². The van der Waals surface area contributed by atoms with Crippen LogP contribution in [0.25, 0.3) is 0 Å². The lowest BCUT2D eigenvalue weighted by Gasteiger charge is -2.43. The van der Waals surface area contributed by atoms with E-state index in [0.29, 0.717) is 18.2 Å². The van der Waals surface area contributed by atoms with Crippen LogP contribution < -0.4 is 5.32 Å². The molecule has 3 rings (SSSR count). The predicted molar refractivity (Wildman–Crippen MR) is 86.4 cm³/mol. The van der Waals surface area contributed by atoms with Crippen molar-refractivity contribution in [1.82, 2.24) is 10.2 Å². The summed E-state index contributed by atoms with van der Waals surface area (Å²) in [6.07, 6.45) is 4.18. The Morgan fingerprint density at radius 1 is 1.29 bits per heavy atom. The van der Waals surface area contributed by atoms with Gasteiger partial charge >= 0.3 is 0 Å². The molecular formula is C18H28N2O. The van der Waals surface area contributed by atoms with Gasteiger partial charge in [-0.25, -0.2) is 0 Å². The van der Waals surface area contributed by atoms with Crippen LogP contribution in [0.3, 0.4) is 0 Å². The molecule has 0 spiro atoms. The third kappa shape index (κ3) is 3.85. The van der Waals surface area contributed by atoms with Gasteiger partial charge in [0.15, 0.2) is 0 Å². The minimum atomic E-state index is 0.333. The summed E-state index contributed by atoms with van der Waals surface area (Å²) in [6, 6.07) is 12.7. The van der Waals surface area contributed by atoms with E-state index in [1.807, 2.05) is 0 Å². The molecule has 1 saturated carbocycles. The van der Waals surface area contributed by atoms with Crippen LogP contribution in [0.4, 0.5) is 0 Å². The van der Waals surface area contributed by atoms with E-state index in [-0.39, 0.29) is 0 Å². The van der Waals surface area contributed by atoms with Crippen LogP contribution in [-0.2, 0) is 4.74 Å². The molecule has 0 bridgehead atoms. The van der Waals surface area contributed by atoms with Crippen molar-refractivity contribution in [3.8, 4) is 0 Å². The minimum Gasteiger partial charge on any atom is -0.376 e. The molecule has 1 heterocycles. The molecule has 3 heteroatoms. The Morgan fingerprint density at radius 3 is 2.71 bits per heavy atom. The Morgan fingerprint density at radius 2 is 2.05 bits per heavy atom. The quantitative estimate of drug-likeness (QED) is 0.871. The molecule has 3 nitrogen and oxygen atoms in total. The van der Waals surface area contributed by atoms with Gasteiger partial charge in [0, 0.05) is 31.2 Å². The van der Waals surface area contributed by atoms with E-state index in [1.54, 1.807) is 0 Å². The molecule has 1 N–H and O–H groups in total. The molecular weight excluding hydrogens is 260 g/mol. The van der Waals surface area contributed by atoms with E-state index in [2.05, 4.69) is 54.4 Å². The number of rotatable bonds is 6. The third-order valence-electron chi connectivity index (χ3n) is 4.74. The van der Waals surface area contributed by atoms with Gasteiger partial charge in [-0.05, 0) is 31.7 Å². The van der Waals surface area contributed by atoms with Gasteiger partial charge in [0.05, 0.1) is 12.7 Å². The van der Waals surface area contributed by atoms with Gasteiger partial charge in [-0.2, -0.15) is 0 Å². The maximum atomic E-state index is 5.87. The van der Waals surface area contributed by atoms with Crippen molar-refractivity contribution < 1.29 is 4.74 Å². The molecule has 1 aromatic carbocycles. The van der Waals surface area contributed by atoms with Crippen LogP contribution in [-0.4, -0.2) is 42.8 Å². The molecule has 3 atom stereocenters. The first kappa shape index (κ1) is 15.0. The summed E-state index contributed by atoms with van der Waals surface area (Å²) in [6.45, 7) is 7.41. The van der Waals surface area contributed by atoms with Crippen molar-refractivity contribution in [2.45, 2.75) is 57.3 Å². The van der Waals surface area contributed by atoms with Gasteiger partial charge in [0.1, 0.15) is 0 Å². The van der Waals surface area contributed by atoms with Crippen LogP contribution in [0.2, 0.25) is 0 Å². The first-order chi connectivity index (χ1) is 10.3. The fourth-order valence-electron chi connectivity index (χ4n) is 3.27. The normalized spacial score (nSPS) is 28.5. The van der Waals surface area contributed by atoms with Crippen LogP contribution in [0.5, 0.6) is 0 Å². The first-order valence-corrected chi connectivity index (χ1v) is 8.43. The fraction of sp³-hybridized carbons (Fsp3) is 0.667. The molecule has 1 saturated heterocycles. The lowest BCUT2D eigenvalue weighted by atomic mass is 10.00. The van der Waals surface area contributed by atoms with Crippen LogP contribution in [0, 0.1) is 0 Å². The summed E-state index contributed by atoms with van der Waals surface area (Å²) in [4.78, 5) is 2.67. The molecule has 0 amide bonds. The maximum absolute atomic E-state index is 5.87. The molecule has 2 fully saturated rings. The van der Waals surface area contributed by atoms with Crippen molar-refractivity contribution in [2.75, 3.05) is 19.7 Å². The largest absolute Gasteiger partial charge is 0.376 e. The summed E-state index contributed by atoms with van der Waals surface area (Å²) in [7, 11) is 0. The highest BCUT2D eigenvalue weighted by Crippen LogP contribution is 2.28. The van der Waals surface area contributed by atoms with Crippen molar-refractivity contribution in [3.05, 3.63) is 35.9 Å². The average Bonchev–Trinajstić information content (AvgIpc) is 3.33. The monoisotopic (exact) mass is 288 g/mol. The van der Waals surface area contributed by atoms with Gasteiger partial charge < -0.3 is 10.1 Å². The van der Waals surface area contributed by atoms with Crippen molar-refractivity contribution in [2.24, 2.45) is 0 Å². The summed E-state index contributed by atoms with van der Waals surface area (Å²) >= 11 is 0. The average molecular weight is 288 g/mol. The van der Waals surface area contributed by atoms with E-state index in [4.69, 9.17) is 4.74 Å². The van der Waals surface area contributed by atoms with Crippen molar-refractivity contribution >= 4 is 0 Å². The lowest BCUT2D eigenvalue weighted by molar-refractivity contribution is -0.0730. The van der Waals surface area contributed by atoms with Crippen LogP contribution in [0.15, 0.2) is 30.3 Å². The van der Waals surface area contributed by atoms with Crippen LogP contribution in [0.1, 0.15) is 44.7 Å². The number of hydrogen-bond donors (Lipinski definition) is 1. The van der Waals surface area contributed by atoms with Crippen molar-refractivity contribution in [3.63, 3.8) is 0 Å². The molecule has 0 aromatic heterocycles. The number of nitrogens with one attached hydrogen (secondary N) is 1. The number of benzene rings is 1. The number of nitrogens with zero attached hydrogens (tertiary/aromatic N) is 1. The van der Waals surface area contributed by atoms with E-state index in [1.165, 1.54) is 18.4 Å². The number of ether oxygens (including phenoxy) is 1. The molecule has 21 heavy (non-hydrogen) atoms. The molecule has 116 valence electrons. The SMILES string of the molecule is CCC1COC(C)CN1C(CNC1CC1)c1ccccc1. The van der Waals surface area contributed by atoms with Gasteiger partial charge in [-0.15, -0.1) is 0 Å². The second-order valence-electron chi connectivity index (χ2n) is 6.51. The minimum absolute atomic E-state index is 0.333. The number of morpholine rings is 1. The molecule has 0 radical (unpaired) electrons. The van der Waals surface area contributed by atoms with Gasteiger partial charge in [-0.3, -0.25) is 4.90 Å². The highest BCUT2D eigenvalue weighted by Gasteiger charge is 2.33. The highest BCUT2D eigenvalue weighted by atomic mass is 16.5. The van der Waals surface area contributed by atoms with Crippen molar-refractivity contribution in [1.29, 1.82) is 0 Å². The Labute approximate surface area is 128 Å². The highest BCUT2D eigenvalue weighted by molar-refractivity contribution is 5.20. The van der Waals surface area contributed by atoms with Gasteiger partial charge in [0.25, 0.3) is 0 Å². The van der Waals surface area contributed by atoms with Gasteiger partial charge in [0.2, 0.25) is 0 Å². The maximum Gasteiger partial charge on any atom is 0.0675 e. The smallest absolute Gasteiger partial charge is 0.0675 e. The first-order valence-electron chi connectivity index (χ1n) is 8.43. The Balaban J connectivity index is 1.78. The Hall–Kier alpha value is -0.900. The Kier molecular flexibility index (Phi) is 4.94.